The van der Waals surface area contributed by atoms with Crippen LogP contribution in [0.3, 0.4) is 0 Å². The van der Waals surface area contributed by atoms with E-state index in [1.54, 1.807) is 12.1 Å². The van der Waals surface area contributed by atoms with E-state index in [-0.39, 0.29) is 0 Å². The molecule has 4 heteroatoms. The van der Waals surface area contributed by atoms with E-state index in [2.05, 4.69) is 0 Å². The normalized spacial score (nSPS) is 20.4. The van der Waals surface area contributed by atoms with E-state index in [1.807, 2.05) is 50.2 Å². The van der Waals surface area contributed by atoms with Crippen LogP contribution in [0.4, 0.5) is 0 Å². The highest BCUT2D eigenvalue weighted by molar-refractivity contribution is 5.89. The van der Waals surface area contributed by atoms with Crippen molar-refractivity contribution in [2.24, 2.45) is 0 Å². The number of ether oxygens (including phenoxy) is 2. The van der Waals surface area contributed by atoms with Gasteiger partial charge in [0.15, 0.2) is 0 Å². The first-order valence-corrected chi connectivity index (χ1v) is 8.22. The lowest BCUT2D eigenvalue weighted by Gasteiger charge is -2.29. The number of rotatable bonds is 4. The Balaban J connectivity index is 1.90. The first kappa shape index (κ1) is 16.2. The fraction of sp³-hybridized carbons (Fsp3) is 0.300. The van der Waals surface area contributed by atoms with Gasteiger partial charge in [-0.3, -0.25) is 0 Å². The van der Waals surface area contributed by atoms with Gasteiger partial charge >= 0.3 is 11.9 Å². The molecular weight excluding hydrogens is 304 g/mol. The van der Waals surface area contributed by atoms with Crippen LogP contribution in [0, 0.1) is 0 Å². The van der Waals surface area contributed by atoms with Crippen molar-refractivity contribution in [3.63, 3.8) is 0 Å². The van der Waals surface area contributed by atoms with E-state index in [4.69, 9.17) is 9.47 Å². The Labute approximate surface area is 141 Å². The number of hydrogen-bond acceptors (Lipinski definition) is 4. The van der Waals surface area contributed by atoms with Crippen LogP contribution in [0.1, 0.15) is 48.3 Å². The lowest BCUT2D eigenvalue weighted by atomic mass is 9.97. The molecule has 0 amide bonds. The zero-order valence-electron chi connectivity index (χ0n) is 13.8. The van der Waals surface area contributed by atoms with Gasteiger partial charge in [-0.2, -0.15) is 0 Å². The van der Waals surface area contributed by atoms with Gasteiger partial charge in [-0.15, -0.1) is 0 Å². The van der Waals surface area contributed by atoms with Crippen LogP contribution in [0.2, 0.25) is 0 Å². The monoisotopic (exact) mass is 324 g/mol. The number of carbonyl (C=O) groups is 2. The summed E-state index contributed by atoms with van der Waals surface area (Å²) in [5, 5.41) is 0. The third kappa shape index (κ3) is 2.92. The second-order valence-electron chi connectivity index (χ2n) is 5.74. The van der Waals surface area contributed by atoms with Crippen molar-refractivity contribution in [1.82, 2.24) is 0 Å². The predicted molar refractivity (Wildman–Crippen MR) is 89.3 cm³/mol. The summed E-state index contributed by atoms with van der Waals surface area (Å²) in [5.41, 5.74) is 3.33. The Morgan fingerprint density at radius 1 is 0.708 bits per heavy atom. The number of esters is 2. The Morgan fingerprint density at radius 3 is 1.46 bits per heavy atom. The van der Waals surface area contributed by atoms with Crippen LogP contribution in [0.5, 0.6) is 0 Å². The number of aryl methyl sites for hydroxylation is 2. The van der Waals surface area contributed by atoms with Crippen LogP contribution >= 0.6 is 0 Å². The number of hydrogen-bond donors (Lipinski definition) is 0. The molecule has 24 heavy (non-hydrogen) atoms. The summed E-state index contributed by atoms with van der Waals surface area (Å²) in [7, 11) is 0. The molecule has 2 atom stereocenters. The molecule has 0 bridgehead atoms. The molecule has 2 aromatic rings. The first-order valence-electron chi connectivity index (χ1n) is 8.22. The fourth-order valence-electron chi connectivity index (χ4n) is 3.06. The molecule has 4 nitrogen and oxygen atoms in total. The minimum atomic E-state index is -0.987. The van der Waals surface area contributed by atoms with Crippen LogP contribution in [-0.2, 0) is 31.9 Å². The van der Waals surface area contributed by atoms with Crippen LogP contribution in [-0.4, -0.2) is 11.9 Å². The largest absolute Gasteiger partial charge is 0.442 e. The van der Waals surface area contributed by atoms with Crippen molar-refractivity contribution in [3.05, 3.63) is 70.8 Å². The molecule has 3 rings (SSSR count). The maximum Gasteiger partial charge on any atom is 0.353 e. The van der Waals surface area contributed by atoms with Crippen molar-refractivity contribution >= 4 is 11.9 Å². The topological polar surface area (TPSA) is 52.6 Å². The third-order valence-corrected chi connectivity index (χ3v) is 4.33. The lowest BCUT2D eigenvalue weighted by Crippen LogP contribution is -2.35. The molecule has 1 heterocycles. The van der Waals surface area contributed by atoms with E-state index < -0.39 is 24.1 Å². The summed E-state index contributed by atoms with van der Waals surface area (Å²) < 4.78 is 11.0. The highest BCUT2D eigenvalue weighted by Gasteiger charge is 2.41. The molecule has 0 radical (unpaired) electrons. The maximum absolute atomic E-state index is 12.5. The van der Waals surface area contributed by atoms with E-state index in [9.17, 15) is 9.59 Å². The molecule has 0 N–H and O–H groups in total. The molecule has 1 saturated heterocycles. The lowest BCUT2D eigenvalue weighted by molar-refractivity contribution is -0.196. The molecule has 1 aliphatic rings. The van der Waals surface area contributed by atoms with Crippen LogP contribution < -0.4 is 0 Å². The van der Waals surface area contributed by atoms with Crippen molar-refractivity contribution in [3.8, 4) is 0 Å². The van der Waals surface area contributed by atoms with Crippen LogP contribution in [0.15, 0.2) is 48.5 Å². The highest BCUT2D eigenvalue weighted by atomic mass is 16.6. The van der Waals surface area contributed by atoms with Crippen molar-refractivity contribution in [1.29, 1.82) is 0 Å². The van der Waals surface area contributed by atoms with Gasteiger partial charge in [0.2, 0.25) is 12.2 Å². The standard InChI is InChI=1S/C20H20O4/c1-3-13-9-5-7-11-15(13)17-19(21)24-18(20(22)23-17)16-12-8-6-10-14(16)4-2/h5-12,17-18H,3-4H2,1-2H3. The van der Waals surface area contributed by atoms with Gasteiger partial charge in [0.05, 0.1) is 0 Å². The van der Waals surface area contributed by atoms with Crippen molar-refractivity contribution in [2.45, 2.75) is 38.9 Å². The average Bonchev–Trinajstić information content (AvgIpc) is 2.63. The second-order valence-corrected chi connectivity index (χ2v) is 5.74. The van der Waals surface area contributed by atoms with Crippen molar-refractivity contribution < 1.29 is 19.1 Å². The summed E-state index contributed by atoms with van der Waals surface area (Å²) in [4.78, 5) is 25.0. The molecule has 0 aromatic heterocycles. The Bertz CT molecular complexity index is 700. The molecule has 0 spiro atoms. The van der Waals surface area contributed by atoms with Gasteiger partial charge in [-0.25, -0.2) is 9.59 Å². The molecule has 1 fully saturated rings. The summed E-state index contributed by atoms with van der Waals surface area (Å²) in [6, 6.07) is 14.9. The maximum atomic E-state index is 12.5. The first-order chi connectivity index (χ1) is 11.7. The summed E-state index contributed by atoms with van der Waals surface area (Å²) in [6.45, 7) is 3.99. The molecule has 2 aromatic carbocycles. The second kappa shape index (κ2) is 6.87. The average molecular weight is 324 g/mol. The van der Waals surface area contributed by atoms with Gasteiger partial charge in [0.1, 0.15) is 0 Å². The number of cyclic esters (lactones) is 2. The molecule has 124 valence electrons. The van der Waals surface area contributed by atoms with E-state index in [0.29, 0.717) is 11.1 Å². The minimum Gasteiger partial charge on any atom is -0.442 e. The molecule has 2 unspecified atom stereocenters. The Kier molecular flexibility index (Phi) is 4.65. The SMILES string of the molecule is CCc1ccccc1C1OC(=O)C(c2ccccc2CC)OC1=O. The van der Waals surface area contributed by atoms with Gasteiger partial charge in [0.25, 0.3) is 0 Å². The number of benzene rings is 2. The predicted octanol–water partition coefficient (Wildman–Crippen LogP) is 3.69. The Morgan fingerprint density at radius 2 is 1.08 bits per heavy atom. The van der Waals surface area contributed by atoms with E-state index >= 15 is 0 Å². The quantitative estimate of drug-likeness (QED) is 0.805. The smallest absolute Gasteiger partial charge is 0.353 e. The zero-order chi connectivity index (χ0) is 17.1. The van der Waals surface area contributed by atoms with E-state index in [1.165, 1.54) is 0 Å². The Hall–Kier alpha value is -2.62. The van der Waals surface area contributed by atoms with Gasteiger partial charge in [0, 0.05) is 11.1 Å². The molecule has 0 aliphatic carbocycles. The number of carbonyl (C=O) groups excluding carboxylic acids is 2. The van der Waals surface area contributed by atoms with Crippen molar-refractivity contribution in [2.75, 3.05) is 0 Å². The highest BCUT2D eigenvalue weighted by Crippen LogP contribution is 2.34. The summed E-state index contributed by atoms with van der Waals surface area (Å²) in [6.07, 6.45) is -0.475. The minimum absolute atomic E-state index is 0.522. The van der Waals surface area contributed by atoms with E-state index in [0.717, 1.165) is 24.0 Å². The molecule has 1 aliphatic heterocycles. The van der Waals surface area contributed by atoms with Gasteiger partial charge < -0.3 is 9.47 Å². The van der Waals surface area contributed by atoms with Gasteiger partial charge in [-0.1, -0.05) is 62.4 Å². The van der Waals surface area contributed by atoms with Gasteiger partial charge in [-0.05, 0) is 24.0 Å². The summed E-state index contributed by atoms with van der Waals surface area (Å²) in [5.74, 6) is -1.04. The summed E-state index contributed by atoms with van der Waals surface area (Å²) >= 11 is 0. The zero-order valence-corrected chi connectivity index (χ0v) is 13.8. The molecular formula is C20H20O4. The molecule has 0 saturated carbocycles. The fourth-order valence-corrected chi connectivity index (χ4v) is 3.06. The third-order valence-electron chi connectivity index (χ3n) is 4.33. The van der Waals surface area contributed by atoms with Crippen LogP contribution in [0.25, 0.3) is 0 Å².